The second-order valence-corrected chi connectivity index (χ2v) is 10.7. The molecule has 2 aromatic carbocycles. The summed E-state index contributed by atoms with van der Waals surface area (Å²) in [6.07, 6.45) is 3.35. The van der Waals surface area contributed by atoms with Crippen molar-refractivity contribution in [3.8, 4) is 11.5 Å². The van der Waals surface area contributed by atoms with Crippen LogP contribution in [-0.4, -0.2) is 55.9 Å². The topological polar surface area (TPSA) is 99.1 Å². The fraction of sp³-hybridized carbons (Fsp3) is 0.387. The molecule has 0 radical (unpaired) electrons. The Bertz CT molecular complexity index is 1540. The summed E-state index contributed by atoms with van der Waals surface area (Å²) >= 11 is 0. The second kappa shape index (κ2) is 12.9. The van der Waals surface area contributed by atoms with Gasteiger partial charge in [0, 0.05) is 50.0 Å². The number of pyridine rings is 1. The summed E-state index contributed by atoms with van der Waals surface area (Å²) in [6, 6.07) is 9.76. The van der Waals surface area contributed by atoms with Crippen LogP contribution in [-0.2, 0) is 16.1 Å². The first-order chi connectivity index (χ1) is 20.7. The van der Waals surface area contributed by atoms with Gasteiger partial charge in [-0.3, -0.25) is 14.4 Å². The minimum Gasteiger partial charge on any atom is -0.497 e. The molecule has 0 saturated carbocycles. The van der Waals surface area contributed by atoms with Gasteiger partial charge in [0.15, 0.2) is 0 Å². The highest BCUT2D eigenvalue weighted by Gasteiger charge is 2.45. The number of hydrogen-bond acceptors (Lipinski definition) is 6. The number of nitrogens with one attached hydrogen (secondary N) is 1. The van der Waals surface area contributed by atoms with Crippen LogP contribution in [0.15, 0.2) is 59.5 Å². The van der Waals surface area contributed by atoms with Crippen LogP contribution >= 0.6 is 0 Å². The van der Waals surface area contributed by atoms with E-state index in [1.165, 1.54) is 48.4 Å². The van der Waals surface area contributed by atoms with Crippen molar-refractivity contribution in [2.45, 2.75) is 44.9 Å². The number of halogens is 3. The van der Waals surface area contributed by atoms with Gasteiger partial charge in [-0.15, -0.1) is 0 Å². The number of hydrogen-bond donors (Lipinski definition) is 1. The van der Waals surface area contributed by atoms with E-state index in [9.17, 15) is 23.2 Å². The van der Waals surface area contributed by atoms with Crippen LogP contribution in [0.5, 0.6) is 11.5 Å². The molecule has 43 heavy (non-hydrogen) atoms. The minimum atomic E-state index is -3.02. The van der Waals surface area contributed by atoms with Gasteiger partial charge in [0.05, 0.1) is 7.11 Å². The third-order valence-corrected chi connectivity index (χ3v) is 7.96. The zero-order valence-corrected chi connectivity index (χ0v) is 23.7. The van der Waals surface area contributed by atoms with Crippen molar-refractivity contribution < 1.29 is 37.0 Å². The Balaban J connectivity index is 1.47. The van der Waals surface area contributed by atoms with Gasteiger partial charge in [0.2, 0.25) is 5.91 Å². The molecule has 2 aliphatic heterocycles. The summed E-state index contributed by atoms with van der Waals surface area (Å²) in [5.74, 6) is -2.34. The number of carbonyl (C=O) groups excluding carboxylic acids is 2. The lowest BCUT2D eigenvalue weighted by atomic mass is 9.93. The predicted octanol–water partition coefficient (Wildman–Crippen LogP) is 4.26. The van der Waals surface area contributed by atoms with E-state index < -0.39 is 36.2 Å². The largest absolute Gasteiger partial charge is 0.497 e. The van der Waals surface area contributed by atoms with E-state index >= 15 is 4.39 Å². The molecule has 0 bridgehead atoms. The number of aryl methyl sites for hydroxylation is 1. The lowest BCUT2D eigenvalue weighted by Gasteiger charge is -2.24. The van der Waals surface area contributed by atoms with Gasteiger partial charge in [-0.1, -0.05) is 6.07 Å². The second-order valence-electron chi connectivity index (χ2n) is 10.7. The van der Waals surface area contributed by atoms with E-state index in [-0.39, 0.29) is 46.3 Å². The molecule has 2 saturated heterocycles. The molecular weight excluding hydrogens is 567 g/mol. The zero-order chi connectivity index (χ0) is 30.7. The maximum absolute atomic E-state index is 15.3. The number of amides is 2. The SMILES string of the molecule is COc1ccc([C@@H]2CN(c3c(C)ccn(CC4CCOCC4)c3=O)C(=O)C2NC(=O)c2ccc(OC(F)F)cc2)c(F)c1. The number of alkyl halides is 2. The fourth-order valence-electron chi connectivity index (χ4n) is 5.65. The summed E-state index contributed by atoms with van der Waals surface area (Å²) in [5, 5.41) is 2.69. The Kier molecular flexibility index (Phi) is 9.05. The van der Waals surface area contributed by atoms with Crippen LogP contribution in [0.2, 0.25) is 0 Å². The lowest BCUT2D eigenvalue weighted by molar-refractivity contribution is -0.118. The summed E-state index contributed by atoms with van der Waals surface area (Å²) in [6.45, 7) is 0.360. The molecule has 2 amide bonds. The van der Waals surface area contributed by atoms with E-state index in [1.807, 2.05) is 0 Å². The van der Waals surface area contributed by atoms with Crippen molar-refractivity contribution in [2.75, 3.05) is 31.8 Å². The Labute approximate surface area is 246 Å². The first kappa shape index (κ1) is 30.1. The van der Waals surface area contributed by atoms with Crippen molar-refractivity contribution in [2.24, 2.45) is 5.92 Å². The fourth-order valence-corrected chi connectivity index (χ4v) is 5.65. The highest BCUT2D eigenvalue weighted by molar-refractivity contribution is 6.05. The van der Waals surface area contributed by atoms with Gasteiger partial charge < -0.3 is 29.0 Å². The molecule has 1 aromatic heterocycles. The van der Waals surface area contributed by atoms with E-state index in [1.54, 1.807) is 29.8 Å². The minimum absolute atomic E-state index is 0.0639. The van der Waals surface area contributed by atoms with Gasteiger partial charge >= 0.3 is 6.61 Å². The zero-order valence-electron chi connectivity index (χ0n) is 23.7. The number of rotatable bonds is 9. The van der Waals surface area contributed by atoms with Crippen molar-refractivity contribution in [1.82, 2.24) is 9.88 Å². The number of methoxy groups -OCH3 is 1. The van der Waals surface area contributed by atoms with Crippen LogP contribution in [0.1, 0.15) is 40.2 Å². The Morgan fingerprint density at radius 3 is 2.42 bits per heavy atom. The molecule has 2 fully saturated rings. The molecule has 228 valence electrons. The monoisotopic (exact) mass is 599 g/mol. The lowest BCUT2D eigenvalue weighted by Crippen LogP contribution is -2.44. The summed E-state index contributed by atoms with van der Waals surface area (Å²) in [5.41, 5.74) is 0.631. The third-order valence-electron chi connectivity index (χ3n) is 7.96. The molecule has 2 aliphatic rings. The van der Waals surface area contributed by atoms with Gasteiger partial charge in [-0.05, 0) is 73.2 Å². The van der Waals surface area contributed by atoms with Crippen LogP contribution < -0.4 is 25.2 Å². The Morgan fingerprint density at radius 1 is 1.07 bits per heavy atom. The van der Waals surface area contributed by atoms with E-state index in [2.05, 4.69) is 10.1 Å². The average molecular weight is 600 g/mol. The highest BCUT2D eigenvalue weighted by Crippen LogP contribution is 2.35. The van der Waals surface area contributed by atoms with Crippen molar-refractivity contribution >= 4 is 17.5 Å². The summed E-state index contributed by atoms with van der Waals surface area (Å²) < 4.78 is 56.9. The number of anilines is 1. The van der Waals surface area contributed by atoms with E-state index in [0.717, 1.165) is 12.8 Å². The molecule has 9 nitrogen and oxygen atoms in total. The Hall–Kier alpha value is -4.32. The standard InChI is InChI=1S/C31H32F3N3O6/c1-18-9-12-36(16-19-10-13-42-14-11-19)30(40)27(18)37-17-24(23-8-7-22(41-2)15-25(23)32)26(29(37)39)35-28(38)20-3-5-21(6-4-20)43-31(33)34/h3-9,12,15,19,24,26,31H,10-11,13-14,16-17H2,1-2H3,(H,35,38)/t24-,26?/m0/s1. The molecule has 0 aliphatic carbocycles. The number of ether oxygens (including phenoxy) is 3. The average Bonchev–Trinajstić information content (AvgIpc) is 3.30. The van der Waals surface area contributed by atoms with Gasteiger partial charge in [0.25, 0.3) is 11.5 Å². The molecule has 3 heterocycles. The first-order valence-electron chi connectivity index (χ1n) is 13.9. The van der Waals surface area contributed by atoms with Crippen LogP contribution in [0.4, 0.5) is 18.9 Å². The third kappa shape index (κ3) is 6.53. The molecule has 1 N–H and O–H groups in total. The molecule has 1 unspecified atom stereocenters. The number of nitrogens with zero attached hydrogens (tertiary/aromatic N) is 2. The maximum atomic E-state index is 15.3. The molecule has 5 rings (SSSR count). The van der Waals surface area contributed by atoms with E-state index in [4.69, 9.17) is 9.47 Å². The molecule has 0 spiro atoms. The number of carbonyl (C=O) groups is 2. The summed E-state index contributed by atoms with van der Waals surface area (Å²) in [7, 11) is 1.40. The van der Waals surface area contributed by atoms with E-state index in [0.29, 0.717) is 25.3 Å². The molecule has 2 atom stereocenters. The quantitative estimate of drug-likeness (QED) is 0.395. The van der Waals surface area contributed by atoms with Crippen molar-refractivity contribution in [3.05, 3.63) is 87.6 Å². The normalized spacial score (nSPS) is 19.1. The maximum Gasteiger partial charge on any atom is 0.387 e. The van der Waals surface area contributed by atoms with Crippen molar-refractivity contribution in [3.63, 3.8) is 0 Å². The smallest absolute Gasteiger partial charge is 0.387 e. The van der Waals surface area contributed by atoms with Gasteiger partial charge in [-0.2, -0.15) is 8.78 Å². The van der Waals surface area contributed by atoms with Gasteiger partial charge in [0.1, 0.15) is 29.0 Å². The summed E-state index contributed by atoms with van der Waals surface area (Å²) in [4.78, 5) is 42.3. The molecule has 3 aromatic rings. The van der Waals surface area contributed by atoms with Gasteiger partial charge in [-0.25, -0.2) is 4.39 Å². The molecular formula is C31H32F3N3O6. The number of aromatic nitrogens is 1. The predicted molar refractivity (Wildman–Crippen MR) is 151 cm³/mol. The van der Waals surface area contributed by atoms with Crippen molar-refractivity contribution in [1.29, 1.82) is 0 Å². The van der Waals surface area contributed by atoms with Crippen LogP contribution in [0, 0.1) is 18.7 Å². The molecule has 12 heteroatoms. The first-order valence-corrected chi connectivity index (χ1v) is 13.9. The highest BCUT2D eigenvalue weighted by atomic mass is 19.3. The van der Waals surface area contributed by atoms with Crippen LogP contribution in [0.3, 0.4) is 0 Å². The number of benzene rings is 2. The van der Waals surface area contributed by atoms with Crippen LogP contribution in [0.25, 0.3) is 0 Å². The Morgan fingerprint density at radius 2 is 1.77 bits per heavy atom.